The molecule has 0 N–H and O–H groups in total. The molecule has 0 radical (unpaired) electrons. The average Bonchev–Trinajstić information content (AvgIpc) is 2.46. The molecule has 1 aromatic rings. The summed E-state index contributed by atoms with van der Waals surface area (Å²) in [6.45, 7) is 0.270. The van der Waals surface area contributed by atoms with E-state index < -0.39 is 12.3 Å². The number of methoxy groups -OCH3 is 1. The fraction of sp³-hybridized carbons (Fsp3) is 0.286. The zero-order valence-corrected chi connectivity index (χ0v) is 11.5. The molecule has 0 unspecified atom stereocenters. The van der Waals surface area contributed by atoms with Crippen molar-refractivity contribution in [2.24, 2.45) is 0 Å². The minimum atomic E-state index is -4.77. The summed E-state index contributed by atoms with van der Waals surface area (Å²) in [6, 6.07) is 6.65. The van der Waals surface area contributed by atoms with Crippen molar-refractivity contribution in [1.82, 2.24) is 0 Å². The Morgan fingerprint density at radius 3 is 2.41 bits per heavy atom. The third-order valence-corrected chi connectivity index (χ3v) is 3.04. The number of ether oxygens (including phenoxy) is 2. The van der Waals surface area contributed by atoms with Crippen molar-refractivity contribution >= 4 is 11.6 Å². The van der Waals surface area contributed by atoms with E-state index in [-0.39, 0.29) is 17.9 Å². The molecular formula is C14H11F3N2O3. The maximum atomic E-state index is 12.2. The molecule has 1 aromatic carbocycles. The Morgan fingerprint density at radius 1 is 1.27 bits per heavy atom. The van der Waals surface area contributed by atoms with Gasteiger partial charge in [0, 0.05) is 18.7 Å². The predicted molar refractivity (Wildman–Crippen MR) is 69.7 cm³/mol. The van der Waals surface area contributed by atoms with Gasteiger partial charge in [0.15, 0.2) is 5.57 Å². The van der Waals surface area contributed by atoms with E-state index in [0.29, 0.717) is 17.9 Å². The van der Waals surface area contributed by atoms with Gasteiger partial charge in [-0.2, -0.15) is 5.26 Å². The van der Waals surface area contributed by atoms with Crippen molar-refractivity contribution in [3.63, 3.8) is 0 Å². The van der Waals surface area contributed by atoms with Crippen LogP contribution in [0.15, 0.2) is 35.6 Å². The highest BCUT2D eigenvalue weighted by atomic mass is 19.4. The molecule has 0 aliphatic carbocycles. The minimum Gasteiger partial charge on any atom is -0.499 e. The van der Waals surface area contributed by atoms with Crippen LogP contribution in [0, 0.1) is 11.3 Å². The maximum Gasteiger partial charge on any atom is 0.573 e. The smallest absolute Gasteiger partial charge is 0.499 e. The fourth-order valence-corrected chi connectivity index (χ4v) is 2.08. The van der Waals surface area contributed by atoms with Gasteiger partial charge >= 0.3 is 6.36 Å². The van der Waals surface area contributed by atoms with Gasteiger partial charge in [0.05, 0.1) is 7.11 Å². The Hall–Kier alpha value is -2.69. The molecule has 22 heavy (non-hydrogen) atoms. The zero-order valence-electron chi connectivity index (χ0n) is 11.5. The molecule has 0 aromatic heterocycles. The van der Waals surface area contributed by atoms with E-state index >= 15 is 0 Å². The monoisotopic (exact) mass is 312 g/mol. The van der Waals surface area contributed by atoms with Gasteiger partial charge in [-0.15, -0.1) is 13.2 Å². The number of alkyl halides is 3. The van der Waals surface area contributed by atoms with E-state index in [0.717, 1.165) is 12.1 Å². The van der Waals surface area contributed by atoms with E-state index in [9.17, 15) is 18.0 Å². The molecule has 0 spiro atoms. The summed E-state index contributed by atoms with van der Waals surface area (Å²) in [4.78, 5) is 13.5. The number of carbonyl (C=O) groups excluding carboxylic acids is 1. The molecular weight excluding hydrogens is 301 g/mol. The predicted octanol–water partition coefficient (Wildman–Crippen LogP) is 2.75. The number of nitrogens with zero attached hydrogens (tertiary/aromatic N) is 2. The molecule has 5 nitrogen and oxygen atoms in total. The highest BCUT2D eigenvalue weighted by Gasteiger charge is 2.32. The number of halogens is 3. The van der Waals surface area contributed by atoms with Gasteiger partial charge in [-0.1, -0.05) is 0 Å². The number of rotatable bonds is 3. The first-order chi connectivity index (χ1) is 10.4. The highest BCUT2D eigenvalue weighted by molar-refractivity contribution is 6.09. The van der Waals surface area contributed by atoms with Crippen molar-refractivity contribution in [3.8, 4) is 11.8 Å². The molecule has 1 aliphatic rings. The van der Waals surface area contributed by atoms with E-state index in [1.807, 2.05) is 0 Å². The molecule has 0 saturated heterocycles. The number of benzene rings is 1. The molecule has 116 valence electrons. The standard InChI is InChI=1S/C14H11F3N2O3/c1-21-12-6-7-19(13(20)11(12)8-18)9-2-4-10(5-3-9)22-14(15,16)17/h2-5H,6-7H2,1H3. The lowest BCUT2D eigenvalue weighted by molar-refractivity contribution is -0.274. The summed E-state index contributed by atoms with van der Waals surface area (Å²) in [5.74, 6) is -0.620. The lowest BCUT2D eigenvalue weighted by Gasteiger charge is -2.27. The van der Waals surface area contributed by atoms with Crippen LogP contribution < -0.4 is 9.64 Å². The van der Waals surface area contributed by atoms with E-state index in [1.54, 1.807) is 6.07 Å². The summed E-state index contributed by atoms with van der Waals surface area (Å²) >= 11 is 0. The van der Waals surface area contributed by atoms with Crippen molar-refractivity contribution in [2.75, 3.05) is 18.6 Å². The molecule has 2 rings (SSSR count). The Labute approximate surface area is 124 Å². The Kier molecular flexibility index (Phi) is 4.26. The first-order valence-corrected chi connectivity index (χ1v) is 6.20. The van der Waals surface area contributed by atoms with Crippen molar-refractivity contribution in [1.29, 1.82) is 5.26 Å². The Balaban J connectivity index is 2.22. The van der Waals surface area contributed by atoms with Gasteiger partial charge in [0.2, 0.25) is 0 Å². The Bertz CT molecular complexity index is 645. The number of hydrogen-bond donors (Lipinski definition) is 0. The molecule has 0 atom stereocenters. The average molecular weight is 312 g/mol. The number of anilines is 1. The van der Waals surface area contributed by atoms with Crippen LogP contribution in [0.4, 0.5) is 18.9 Å². The van der Waals surface area contributed by atoms with Crippen LogP contribution in [0.2, 0.25) is 0 Å². The third kappa shape index (κ3) is 3.31. The van der Waals surface area contributed by atoms with Gasteiger partial charge < -0.3 is 14.4 Å². The van der Waals surface area contributed by atoms with Crippen LogP contribution in [0.1, 0.15) is 6.42 Å². The number of nitriles is 1. The first-order valence-electron chi connectivity index (χ1n) is 6.20. The van der Waals surface area contributed by atoms with Crippen LogP contribution in [-0.2, 0) is 9.53 Å². The van der Waals surface area contributed by atoms with Gasteiger partial charge in [0.25, 0.3) is 5.91 Å². The largest absolute Gasteiger partial charge is 0.573 e. The lowest BCUT2D eigenvalue weighted by atomic mass is 10.1. The second-order valence-electron chi connectivity index (χ2n) is 4.36. The lowest BCUT2D eigenvalue weighted by Crippen LogP contribution is -2.37. The number of hydrogen-bond acceptors (Lipinski definition) is 4. The zero-order chi connectivity index (χ0) is 16.3. The Morgan fingerprint density at radius 2 is 1.91 bits per heavy atom. The van der Waals surface area contributed by atoms with Crippen molar-refractivity contribution in [3.05, 3.63) is 35.6 Å². The molecule has 0 bridgehead atoms. The van der Waals surface area contributed by atoms with Crippen molar-refractivity contribution < 1.29 is 27.4 Å². The van der Waals surface area contributed by atoms with E-state index in [4.69, 9.17) is 10.00 Å². The summed E-state index contributed by atoms with van der Waals surface area (Å²) in [7, 11) is 1.37. The summed E-state index contributed by atoms with van der Waals surface area (Å²) in [5.41, 5.74) is 0.270. The topological polar surface area (TPSA) is 62.6 Å². The van der Waals surface area contributed by atoms with E-state index in [2.05, 4.69) is 4.74 Å². The number of amides is 1. The molecule has 8 heteroatoms. The second-order valence-corrected chi connectivity index (χ2v) is 4.36. The fourth-order valence-electron chi connectivity index (χ4n) is 2.08. The van der Waals surface area contributed by atoms with Crippen LogP contribution in [0.25, 0.3) is 0 Å². The van der Waals surface area contributed by atoms with Crippen LogP contribution in [0.3, 0.4) is 0 Å². The molecule has 1 aliphatic heterocycles. The summed E-state index contributed by atoms with van der Waals surface area (Å²) < 4.78 is 45.0. The van der Waals surface area contributed by atoms with Gasteiger partial charge in [-0.3, -0.25) is 4.79 Å². The molecule has 0 fully saturated rings. The maximum absolute atomic E-state index is 12.2. The second kappa shape index (κ2) is 5.97. The van der Waals surface area contributed by atoms with E-state index in [1.165, 1.54) is 24.1 Å². The van der Waals surface area contributed by atoms with Crippen molar-refractivity contribution in [2.45, 2.75) is 12.8 Å². The highest BCUT2D eigenvalue weighted by Crippen LogP contribution is 2.28. The quantitative estimate of drug-likeness (QED) is 0.861. The first kappa shape index (κ1) is 15.7. The molecule has 0 saturated carbocycles. The van der Waals surface area contributed by atoms with Gasteiger partial charge in [-0.05, 0) is 24.3 Å². The minimum absolute atomic E-state index is 0.107. The van der Waals surface area contributed by atoms with Crippen LogP contribution in [0.5, 0.6) is 5.75 Å². The summed E-state index contributed by atoms with van der Waals surface area (Å²) in [6.07, 6.45) is -4.42. The molecule has 1 amide bonds. The number of carbonyl (C=O) groups is 1. The van der Waals surface area contributed by atoms with Crippen LogP contribution in [-0.4, -0.2) is 25.9 Å². The normalized spacial score (nSPS) is 15.6. The SMILES string of the molecule is COC1=C(C#N)C(=O)N(c2ccc(OC(F)(F)F)cc2)CC1. The third-order valence-electron chi connectivity index (χ3n) is 3.04. The molecule has 1 heterocycles. The van der Waals surface area contributed by atoms with Crippen LogP contribution >= 0.6 is 0 Å². The summed E-state index contributed by atoms with van der Waals surface area (Å²) in [5, 5.41) is 9.02. The van der Waals surface area contributed by atoms with Gasteiger partial charge in [-0.25, -0.2) is 0 Å². The van der Waals surface area contributed by atoms with Gasteiger partial charge in [0.1, 0.15) is 17.6 Å².